The monoisotopic (exact) mass is 147 g/mol. The molecule has 0 bridgehead atoms. The Balaban J connectivity index is 2.29. The molecular weight excluding hydrogens is 138 g/mol. The van der Waals surface area contributed by atoms with Gasteiger partial charge in [-0.3, -0.25) is 5.10 Å². The lowest BCUT2D eigenvalue weighted by Crippen LogP contribution is -1.87. The second-order valence-corrected chi connectivity index (χ2v) is 2.47. The van der Waals surface area contributed by atoms with Crippen molar-refractivity contribution in [1.82, 2.24) is 15.2 Å². The second-order valence-electron chi connectivity index (χ2n) is 2.47. The van der Waals surface area contributed by atoms with Crippen LogP contribution in [-0.4, -0.2) is 15.2 Å². The third-order valence-corrected chi connectivity index (χ3v) is 1.68. The average molecular weight is 147 g/mol. The van der Waals surface area contributed by atoms with E-state index in [1.54, 1.807) is 0 Å². The Labute approximate surface area is 64.9 Å². The number of rotatable bonds is 1. The fraction of sp³-hybridized carbons (Fsp3) is 0.250. The Morgan fingerprint density at radius 1 is 1.36 bits per heavy atom. The Bertz CT molecular complexity index is 282. The van der Waals surface area contributed by atoms with E-state index in [2.05, 4.69) is 33.4 Å². The number of H-pyrrole nitrogens is 1. The number of nitrogens with one attached hydrogen (secondary N) is 1. The van der Waals surface area contributed by atoms with Crippen LogP contribution in [0.15, 0.2) is 24.6 Å². The number of hydrogen-bond donors (Lipinski definition) is 1. The van der Waals surface area contributed by atoms with Gasteiger partial charge >= 0.3 is 0 Å². The van der Waals surface area contributed by atoms with Crippen molar-refractivity contribution in [2.45, 2.75) is 12.8 Å². The van der Waals surface area contributed by atoms with Crippen LogP contribution in [0.2, 0.25) is 0 Å². The lowest BCUT2D eigenvalue weighted by Gasteiger charge is -2.01. The molecule has 11 heavy (non-hydrogen) atoms. The van der Waals surface area contributed by atoms with Gasteiger partial charge in [0, 0.05) is 5.57 Å². The van der Waals surface area contributed by atoms with Crippen LogP contribution >= 0.6 is 0 Å². The Hall–Kier alpha value is -1.38. The fourth-order valence-corrected chi connectivity index (χ4v) is 1.13. The first-order valence-electron chi connectivity index (χ1n) is 3.69. The summed E-state index contributed by atoms with van der Waals surface area (Å²) in [6.07, 6.45) is 10.2. The summed E-state index contributed by atoms with van der Waals surface area (Å²) in [5, 5.41) is 6.61. The molecule has 56 valence electrons. The van der Waals surface area contributed by atoms with Crippen LogP contribution in [0.25, 0.3) is 5.57 Å². The van der Waals surface area contributed by atoms with Crippen molar-refractivity contribution < 1.29 is 0 Å². The molecule has 0 radical (unpaired) electrons. The maximum Gasteiger partial charge on any atom is 0.155 e. The van der Waals surface area contributed by atoms with E-state index >= 15 is 0 Å². The van der Waals surface area contributed by atoms with E-state index in [0.717, 1.165) is 24.2 Å². The summed E-state index contributed by atoms with van der Waals surface area (Å²) in [5.74, 6) is 0.862. The van der Waals surface area contributed by atoms with Crippen molar-refractivity contribution in [2.24, 2.45) is 0 Å². The summed E-state index contributed by atoms with van der Waals surface area (Å²) in [7, 11) is 0. The van der Waals surface area contributed by atoms with Gasteiger partial charge in [-0.15, -0.1) is 0 Å². The molecular formula is C8H9N3. The smallest absolute Gasteiger partial charge is 0.155 e. The SMILES string of the molecule is C1=CC(c2ncn[nH]2)=CCC1. The molecule has 1 aliphatic carbocycles. The van der Waals surface area contributed by atoms with Gasteiger partial charge in [-0.25, -0.2) is 4.98 Å². The summed E-state index contributed by atoms with van der Waals surface area (Å²) in [6, 6.07) is 0. The van der Waals surface area contributed by atoms with Gasteiger partial charge < -0.3 is 0 Å². The van der Waals surface area contributed by atoms with E-state index in [1.165, 1.54) is 6.33 Å². The minimum atomic E-state index is 0.862. The van der Waals surface area contributed by atoms with Gasteiger partial charge in [0.1, 0.15) is 6.33 Å². The predicted octanol–water partition coefficient (Wildman–Crippen LogP) is 1.54. The molecule has 0 amide bonds. The molecule has 3 nitrogen and oxygen atoms in total. The minimum Gasteiger partial charge on any atom is -0.259 e. The Morgan fingerprint density at radius 3 is 3.00 bits per heavy atom. The van der Waals surface area contributed by atoms with E-state index in [9.17, 15) is 0 Å². The summed E-state index contributed by atoms with van der Waals surface area (Å²) >= 11 is 0. The highest BCUT2D eigenvalue weighted by Gasteiger charge is 2.01. The van der Waals surface area contributed by atoms with Gasteiger partial charge in [0.25, 0.3) is 0 Å². The van der Waals surface area contributed by atoms with E-state index in [-0.39, 0.29) is 0 Å². The van der Waals surface area contributed by atoms with Gasteiger partial charge in [-0.05, 0) is 12.8 Å². The first-order valence-corrected chi connectivity index (χ1v) is 3.69. The summed E-state index contributed by atoms with van der Waals surface area (Å²) in [5.41, 5.74) is 1.15. The molecule has 0 saturated carbocycles. The second kappa shape index (κ2) is 2.70. The van der Waals surface area contributed by atoms with Gasteiger partial charge in [-0.1, -0.05) is 18.2 Å². The van der Waals surface area contributed by atoms with Crippen LogP contribution in [0.5, 0.6) is 0 Å². The molecule has 0 aliphatic heterocycles. The highest BCUT2D eigenvalue weighted by Crippen LogP contribution is 2.16. The topological polar surface area (TPSA) is 41.6 Å². The Morgan fingerprint density at radius 2 is 2.36 bits per heavy atom. The third kappa shape index (κ3) is 1.22. The molecule has 0 fully saturated rings. The molecule has 1 aromatic rings. The fourth-order valence-electron chi connectivity index (χ4n) is 1.13. The highest BCUT2D eigenvalue weighted by atomic mass is 15.2. The zero-order valence-corrected chi connectivity index (χ0v) is 6.12. The molecule has 0 unspecified atom stereocenters. The first kappa shape index (κ1) is 6.34. The number of hydrogen-bond acceptors (Lipinski definition) is 2. The molecule has 3 heteroatoms. The molecule has 0 atom stereocenters. The first-order chi connectivity index (χ1) is 5.47. The molecule has 2 rings (SSSR count). The number of allylic oxidation sites excluding steroid dienone is 4. The minimum absolute atomic E-state index is 0.862. The van der Waals surface area contributed by atoms with Crippen LogP contribution in [0.3, 0.4) is 0 Å². The van der Waals surface area contributed by atoms with E-state index < -0.39 is 0 Å². The quantitative estimate of drug-likeness (QED) is 0.654. The van der Waals surface area contributed by atoms with Crippen molar-refractivity contribution in [3.05, 3.63) is 30.4 Å². The van der Waals surface area contributed by atoms with Gasteiger partial charge in [-0.2, -0.15) is 5.10 Å². The lowest BCUT2D eigenvalue weighted by molar-refractivity contribution is 1.02. The predicted molar refractivity (Wildman–Crippen MR) is 42.7 cm³/mol. The van der Waals surface area contributed by atoms with Crippen molar-refractivity contribution in [2.75, 3.05) is 0 Å². The zero-order chi connectivity index (χ0) is 7.52. The number of aromatic nitrogens is 3. The summed E-state index contributed by atoms with van der Waals surface area (Å²) < 4.78 is 0. The zero-order valence-electron chi connectivity index (χ0n) is 6.12. The molecule has 1 heterocycles. The van der Waals surface area contributed by atoms with E-state index in [0.29, 0.717) is 0 Å². The molecule has 0 spiro atoms. The van der Waals surface area contributed by atoms with Crippen molar-refractivity contribution in [3.63, 3.8) is 0 Å². The van der Waals surface area contributed by atoms with Crippen LogP contribution in [0.4, 0.5) is 0 Å². The number of nitrogens with zero attached hydrogens (tertiary/aromatic N) is 2. The average Bonchev–Trinajstić information content (AvgIpc) is 2.58. The molecule has 1 aliphatic rings. The third-order valence-electron chi connectivity index (χ3n) is 1.68. The van der Waals surface area contributed by atoms with Gasteiger partial charge in [0.15, 0.2) is 5.82 Å². The van der Waals surface area contributed by atoms with Crippen molar-refractivity contribution in [1.29, 1.82) is 0 Å². The standard InChI is InChI=1S/C8H9N3/c1-2-4-7(5-3-1)8-9-6-10-11-8/h2,4-6H,1,3H2,(H,9,10,11). The molecule has 0 aromatic carbocycles. The van der Waals surface area contributed by atoms with Gasteiger partial charge in [0.2, 0.25) is 0 Å². The largest absolute Gasteiger partial charge is 0.259 e. The van der Waals surface area contributed by atoms with E-state index in [1.807, 2.05) is 0 Å². The number of aromatic amines is 1. The van der Waals surface area contributed by atoms with Crippen LogP contribution in [0, 0.1) is 0 Å². The van der Waals surface area contributed by atoms with Crippen LogP contribution in [0.1, 0.15) is 18.7 Å². The van der Waals surface area contributed by atoms with Crippen LogP contribution in [-0.2, 0) is 0 Å². The molecule has 0 saturated heterocycles. The van der Waals surface area contributed by atoms with E-state index in [4.69, 9.17) is 0 Å². The molecule has 1 aromatic heterocycles. The summed E-state index contributed by atoms with van der Waals surface area (Å²) in [6.45, 7) is 0. The maximum atomic E-state index is 4.05. The molecule has 1 N–H and O–H groups in total. The summed E-state index contributed by atoms with van der Waals surface area (Å²) in [4.78, 5) is 4.05. The van der Waals surface area contributed by atoms with Gasteiger partial charge in [0.05, 0.1) is 0 Å². The van der Waals surface area contributed by atoms with Crippen LogP contribution < -0.4 is 0 Å². The normalized spacial score (nSPS) is 16.5. The van der Waals surface area contributed by atoms with Crippen molar-refractivity contribution >= 4 is 5.57 Å². The lowest BCUT2D eigenvalue weighted by atomic mass is 10.1. The maximum absolute atomic E-state index is 4.05. The highest BCUT2D eigenvalue weighted by molar-refractivity contribution is 5.69. The Kier molecular flexibility index (Phi) is 1.55. The van der Waals surface area contributed by atoms with Crippen molar-refractivity contribution in [3.8, 4) is 0 Å².